The van der Waals surface area contributed by atoms with Crippen LogP contribution >= 0.6 is 0 Å². The number of rotatable bonds is 5. The Morgan fingerprint density at radius 3 is 2.39 bits per heavy atom. The smallest absolute Gasteiger partial charge is 0.265 e. The molecule has 0 saturated carbocycles. The summed E-state index contributed by atoms with van der Waals surface area (Å²) in [6, 6.07) is 14.5. The van der Waals surface area contributed by atoms with Gasteiger partial charge in [-0.05, 0) is 43.3 Å². The summed E-state index contributed by atoms with van der Waals surface area (Å²) in [7, 11) is 1.64. The topological polar surface area (TPSA) is 80.3 Å². The van der Waals surface area contributed by atoms with Crippen molar-refractivity contribution in [1.82, 2.24) is 10.2 Å². The fourth-order valence-electron chi connectivity index (χ4n) is 3.77. The number of fused-ring (bicyclic) bond motifs is 1. The van der Waals surface area contributed by atoms with Gasteiger partial charge in [0.1, 0.15) is 18.4 Å². The van der Waals surface area contributed by atoms with Crippen molar-refractivity contribution in [3.05, 3.63) is 48.5 Å². The number of nitrogens with zero attached hydrogens (tertiary/aromatic N) is 2. The van der Waals surface area contributed by atoms with E-state index in [9.17, 15) is 9.59 Å². The summed E-state index contributed by atoms with van der Waals surface area (Å²) < 4.78 is 16.5. The molecule has 2 atom stereocenters. The van der Waals surface area contributed by atoms with Crippen molar-refractivity contribution in [2.75, 3.05) is 44.8 Å². The maximum absolute atomic E-state index is 12.8. The first-order valence-electron chi connectivity index (χ1n) is 10.4. The Morgan fingerprint density at radius 2 is 1.71 bits per heavy atom. The van der Waals surface area contributed by atoms with Crippen LogP contribution in [0.4, 0.5) is 5.69 Å². The van der Waals surface area contributed by atoms with E-state index >= 15 is 0 Å². The fraction of sp³-hybridized carbons (Fsp3) is 0.391. The summed E-state index contributed by atoms with van der Waals surface area (Å²) in [5, 5.41) is 2.77. The van der Waals surface area contributed by atoms with E-state index in [4.69, 9.17) is 14.2 Å². The fourth-order valence-corrected chi connectivity index (χ4v) is 3.77. The van der Waals surface area contributed by atoms with Crippen LogP contribution in [0.5, 0.6) is 17.2 Å². The van der Waals surface area contributed by atoms with Gasteiger partial charge in [0, 0.05) is 31.9 Å². The molecule has 1 fully saturated rings. The number of nitrogens with one attached hydrogen (secondary N) is 1. The van der Waals surface area contributed by atoms with E-state index in [-0.39, 0.29) is 18.4 Å². The van der Waals surface area contributed by atoms with Gasteiger partial charge in [-0.3, -0.25) is 9.59 Å². The number of hydrogen-bond donors (Lipinski definition) is 1. The molecule has 0 aliphatic carbocycles. The normalized spacial score (nSPS) is 18.8. The Bertz CT molecular complexity index is 925. The number of amides is 2. The van der Waals surface area contributed by atoms with Crippen LogP contribution in [0.3, 0.4) is 0 Å². The Kier molecular flexibility index (Phi) is 6.16. The van der Waals surface area contributed by atoms with Crippen LogP contribution in [-0.4, -0.2) is 68.8 Å². The molecular formula is C23H27N3O5. The Labute approximate surface area is 181 Å². The van der Waals surface area contributed by atoms with E-state index in [0.29, 0.717) is 24.6 Å². The third-order valence-corrected chi connectivity index (χ3v) is 5.56. The molecule has 8 nitrogen and oxygen atoms in total. The largest absolute Gasteiger partial charge is 0.497 e. The van der Waals surface area contributed by atoms with Gasteiger partial charge < -0.3 is 29.3 Å². The number of carbonyl (C=O) groups is 2. The zero-order chi connectivity index (χ0) is 21.8. The highest BCUT2D eigenvalue weighted by atomic mass is 16.6. The van der Waals surface area contributed by atoms with Crippen LogP contribution in [0.25, 0.3) is 0 Å². The summed E-state index contributed by atoms with van der Waals surface area (Å²) in [5.41, 5.74) is 1.10. The number of para-hydroxylation sites is 2. The van der Waals surface area contributed by atoms with Crippen molar-refractivity contribution in [3.8, 4) is 17.2 Å². The van der Waals surface area contributed by atoms with Crippen molar-refractivity contribution in [3.63, 3.8) is 0 Å². The molecule has 8 heteroatoms. The maximum Gasteiger partial charge on any atom is 0.265 e. The van der Waals surface area contributed by atoms with E-state index in [2.05, 4.69) is 10.2 Å². The molecule has 0 radical (unpaired) electrons. The van der Waals surface area contributed by atoms with Gasteiger partial charge in [-0.25, -0.2) is 0 Å². The first-order chi connectivity index (χ1) is 15.0. The second-order valence-electron chi connectivity index (χ2n) is 7.60. The van der Waals surface area contributed by atoms with Crippen LogP contribution < -0.4 is 24.4 Å². The van der Waals surface area contributed by atoms with Gasteiger partial charge in [-0.2, -0.15) is 0 Å². The predicted molar refractivity (Wildman–Crippen MR) is 116 cm³/mol. The monoisotopic (exact) mass is 425 g/mol. The van der Waals surface area contributed by atoms with Gasteiger partial charge >= 0.3 is 0 Å². The number of ether oxygens (including phenoxy) is 3. The number of anilines is 1. The van der Waals surface area contributed by atoms with Crippen LogP contribution in [0.15, 0.2) is 48.5 Å². The van der Waals surface area contributed by atoms with Crippen molar-refractivity contribution in [1.29, 1.82) is 0 Å². The lowest BCUT2D eigenvalue weighted by Gasteiger charge is -2.37. The molecular weight excluding hydrogens is 398 g/mol. The van der Waals surface area contributed by atoms with Crippen LogP contribution in [0.1, 0.15) is 6.92 Å². The molecule has 2 aliphatic rings. The minimum atomic E-state index is -0.780. The molecule has 0 spiro atoms. The first-order valence-corrected chi connectivity index (χ1v) is 10.4. The first kappa shape index (κ1) is 20.8. The molecule has 2 aromatic carbocycles. The summed E-state index contributed by atoms with van der Waals surface area (Å²) in [5.74, 6) is 1.51. The quantitative estimate of drug-likeness (QED) is 0.785. The highest BCUT2D eigenvalue weighted by molar-refractivity contribution is 5.89. The van der Waals surface area contributed by atoms with Crippen LogP contribution in [0, 0.1) is 0 Å². The molecule has 1 saturated heterocycles. The molecule has 0 aromatic heterocycles. The lowest BCUT2D eigenvalue weighted by molar-refractivity contribution is -0.139. The molecule has 2 aliphatic heterocycles. The number of hydrogen-bond acceptors (Lipinski definition) is 6. The van der Waals surface area contributed by atoms with E-state index in [0.717, 1.165) is 24.5 Å². The standard InChI is InChI=1S/C23H27N3O5/c1-16(24-22(27)21-15-30-19-5-3-4-6-20(19)31-21)23(28)26-13-11-25(12-14-26)17-7-9-18(29-2)10-8-17/h3-10,16,21H,11-15H2,1-2H3,(H,24,27)/t16-,21+/m0/s1. The third-order valence-electron chi connectivity index (χ3n) is 5.56. The Hall–Kier alpha value is -3.42. The summed E-state index contributed by atoms with van der Waals surface area (Å²) in [4.78, 5) is 29.5. The number of piperazine rings is 1. The zero-order valence-electron chi connectivity index (χ0n) is 17.7. The lowest BCUT2D eigenvalue weighted by Crippen LogP contribution is -2.56. The van der Waals surface area contributed by atoms with Gasteiger partial charge in [0.2, 0.25) is 12.0 Å². The van der Waals surface area contributed by atoms with Crippen LogP contribution in [-0.2, 0) is 9.59 Å². The molecule has 4 rings (SSSR count). The highest BCUT2D eigenvalue weighted by Gasteiger charge is 2.31. The molecule has 31 heavy (non-hydrogen) atoms. The number of methoxy groups -OCH3 is 1. The Balaban J connectivity index is 1.27. The number of carbonyl (C=O) groups excluding carboxylic acids is 2. The van der Waals surface area contributed by atoms with E-state index in [1.54, 1.807) is 31.1 Å². The summed E-state index contributed by atoms with van der Waals surface area (Å²) in [6.45, 7) is 4.48. The Morgan fingerprint density at radius 1 is 1.03 bits per heavy atom. The van der Waals surface area contributed by atoms with E-state index in [1.165, 1.54) is 0 Å². The zero-order valence-corrected chi connectivity index (χ0v) is 17.7. The van der Waals surface area contributed by atoms with Gasteiger partial charge in [0.15, 0.2) is 11.5 Å². The molecule has 0 unspecified atom stereocenters. The summed E-state index contributed by atoms with van der Waals surface area (Å²) in [6.07, 6.45) is -0.780. The second kappa shape index (κ2) is 9.16. The van der Waals surface area contributed by atoms with Crippen molar-refractivity contribution >= 4 is 17.5 Å². The van der Waals surface area contributed by atoms with Crippen molar-refractivity contribution in [2.45, 2.75) is 19.1 Å². The maximum atomic E-state index is 12.8. The lowest BCUT2D eigenvalue weighted by atomic mass is 10.2. The molecule has 2 heterocycles. The van der Waals surface area contributed by atoms with Gasteiger partial charge in [-0.15, -0.1) is 0 Å². The average molecular weight is 425 g/mol. The SMILES string of the molecule is COc1ccc(N2CCN(C(=O)[C@H](C)NC(=O)[C@H]3COc4ccccc4O3)CC2)cc1. The van der Waals surface area contributed by atoms with Crippen LogP contribution in [0.2, 0.25) is 0 Å². The van der Waals surface area contributed by atoms with E-state index < -0.39 is 12.1 Å². The minimum absolute atomic E-state index is 0.0974. The van der Waals surface area contributed by atoms with Crippen molar-refractivity contribution in [2.24, 2.45) is 0 Å². The molecule has 0 bridgehead atoms. The molecule has 2 amide bonds. The molecule has 1 N–H and O–H groups in total. The second-order valence-corrected chi connectivity index (χ2v) is 7.60. The van der Waals surface area contributed by atoms with Gasteiger partial charge in [0.05, 0.1) is 7.11 Å². The minimum Gasteiger partial charge on any atom is -0.497 e. The molecule has 2 aromatic rings. The van der Waals surface area contributed by atoms with Gasteiger partial charge in [0.25, 0.3) is 5.91 Å². The average Bonchev–Trinajstić information content (AvgIpc) is 2.83. The summed E-state index contributed by atoms with van der Waals surface area (Å²) >= 11 is 0. The molecule has 164 valence electrons. The van der Waals surface area contributed by atoms with E-state index in [1.807, 2.05) is 36.4 Å². The number of benzene rings is 2. The van der Waals surface area contributed by atoms with Crippen molar-refractivity contribution < 1.29 is 23.8 Å². The highest BCUT2D eigenvalue weighted by Crippen LogP contribution is 2.30. The van der Waals surface area contributed by atoms with Gasteiger partial charge in [-0.1, -0.05) is 12.1 Å². The third kappa shape index (κ3) is 4.68. The predicted octanol–water partition coefficient (Wildman–Crippen LogP) is 1.69.